The van der Waals surface area contributed by atoms with Crippen LogP contribution >= 0.6 is 0 Å². The number of para-hydroxylation sites is 2. The molecule has 31 heavy (non-hydrogen) atoms. The summed E-state index contributed by atoms with van der Waals surface area (Å²) in [7, 11) is 2.10. The average Bonchev–Trinajstić information content (AvgIpc) is 3.17. The molecule has 0 fully saturated rings. The van der Waals surface area contributed by atoms with Crippen molar-refractivity contribution in [2.45, 2.75) is 13.8 Å². The number of benzene rings is 4. The first-order valence-electron chi connectivity index (χ1n) is 10.7. The normalized spacial score (nSPS) is 13.8. The van der Waals surface area contributed by atoms with Crippen LogP contribution in [-0.2, 0) is 0 Å². The number of nitrogens with zero attached hydrogens (tertiary/aromatic N) is 3. The van der Waals surface area contributed by atoms with E-state index in [4.69, 9.17) is 9.72 Å². The lowest BCUT2D eigenvalue weighted by atomic mass is 9.47. The van der Waals surface area contributed by atoms with E-state index in [-0.39, 0.29) is 6.85 Å². The van der Waals surface area contributed by atoms with Crippen LogP contribution in [0, 0.1) is 13.8 Å². The van der Waals surface area contributed by atoms with E-state index in [1.807, 2.05) is 0 Å². The van der Waals surface area contributed by atoms with Gasteiger partial charge in [-0.2, -0.15) is 0 Å². The van der Waals surface area contributed by atoms with Crippen molar-refractivity contribution in [2.75, 3.05) is 11.9 Å². The molecule has 3 heterocycles. The van der Waals surface area contributed by atoms with Gasteiger partial charge in [0.1, 0.15) is 11.5 Å². The molecule has 2 aliphatic rings. The largest absolute Gasteiger partial charge is 0.458 e. The summed E-state index contributed by atoms with van der Waals surface area (Å²) in [5.74, 6) is 2.87. The van der Waals surface area contributed by atoms with E-state index in [1.165, 1.54) is 33.1 Å². The van der Waals surface area contributed by atoms with Crippen LogP contribution in [0.5, 0.6) is 11.5 Å². The van der Waals surface area contributed by atoms with Crippen LogP contribution in [0.25, 0.3) is 21.8 Å². The van der Waals surface area contributed by atoms with Crippen molar-refractivity contribution >= 4 is 51.2 Å². The monoisotopic (exact) mass is 401 g/mol. The molecule has 0 unspecified atom stereocenters. The van der Waals surface area contributed by atoms with Gasteiger partial charge in [0.2, 0.25) is 0 Å². The molecule has 0 saturated heterocycles. The lowest BCUT2D eigenvalue weighted by molar-refractivity contribution is 0.492. The average molecular weight is 401 g/mol. The van der Waals surface area contributed by atoms with E-state index >= 15 is 0 Å². The molecule has 4 aromatic carbocycles. The van der Waals surface area contributed by atoms with Crippen LogP contribution in [0.1, 0.15) is 11.1 Å². The molecule has 4 nitrogen and oxygen atoms in total. The van der Waals surface area contributed by atoms with E-state index in [0.29, 0.717) is 0 Å². The van der Waals surface area contributed by atoms with Crippen molar-refractivity contribution in [1.29, 1.82) is 0 Å². The Labute approximate surface area is 180 Å². The van der Waals surface area contributed by atoms with Gasteiger partial charge in [-0.15, -0.1) is 0 Å². The highest BCUT2D eigenvalue weighted by atomic mass is 16.5. The molecule has 148 valence electrons. The Bertz CT molecular complexity index is 1570. The zero-order valence-electron chi connectivity index (χ0n) is 17.7. The molecule has 0 radical (unpaired) electrons. The Balaban J connectivity index is 1.66. The molecule has 5 heteroatoms. The number of rotatable bonds is 0. The van der Waals surface area contributed by atoms with Gasteiger partial charge < -0.3 is 14.1 Å². The summed E-state index contributed by atoms with van der Waals surface area (Å²) in [6, 6.07) is 23.7. The van der Waals surface area contributed by atoms with Gasteiger partial charge in [-0.3, -0.25) is 0 Å². The van der Waals surface area contributed by atoms with Crippen molar-refractivity contribution in [2.24, 2.45) is 0 Å². The topological polar surface area (TPSA) is 30.3 Å². The quantitative estimate of drug-likeness (QED) is 0.347. The van der Waals surface area contributed by atoms with Gasteiger partial charge in [-0.05, 0) is 60.1 Å². The number of hydrogen-bond acceptors (Lipinski definition) is 3. The van der Waals surface area contributed by atoms with Crippen LogP contribution in [0.2, 0.25) is 0 Å². The minimum absolute atomic E-state index is 0.0243. The number of aromatic nitrogens is 2. The number of hydrogen-bond donors (Lipinski definition) is 0. The van der Waals surface area contributed by atoms with Crippen LogP contribution in [0.15, 0.2) is 66.7 Å². The van der Waals surface area contributed by atoms with E-state index in [2.05, 4.69) is 97.0 Å². The van der Waals surface area contributed by atoms with E-state index in [9.17, 15) is 0 Å². The van der Waals surface area contributed by atoms with Crippen molar-refractivity contribution in [3.05, 3.63) is 77.9 Å². The molecule has 1 aromatic heterocycles. The third kappa shape index (κ3) is 2.08. The summed E-state index contributed by atoms with van der Waals surface area (Å²) in [5, 5.41) is 2.40. The Kier molecular flexibility index (Phi) is 3.13. The van der Waals surface area contributed by atoms with Gasteiger partial charge in [0, 0.05) is 23.6 Å². The van der Waals surface area contributed by atoms with Gasteiger partial charge in [-0.25, -0.2) is 4.98 Å². The summed E-state index contributed by atoms with van der Waals surface area (Å²) in [6.07, 6.45) is 0. The first kappa shape index (κ1) is 17.0. The van der Waals surface area contributed by atoms with Gasteiger partial charge in [0.05, 0.1) is 11.0 Å². The predicted molar refractivity (Wildman–Crippen MR) is 128 cm³/mol. The Morgan fingerprint density at radius 3 is 2.55 bits per heavy atom. The van der Waals surface area contributed by atoms with E-state index in [1.54, 1.807) is 0 Å². The summed E-state index contributed by atoms with van der Waals surface area (Å²) in [6.45, 7) is 4.34. The van der Waals surface area contributed by atoms with Crippen LogP contribution in [0.3, 0.4) is 0 Å². The van der Waals surface area contributed by atoms with Crippen molar-refractivity contribution in [3.8, 4) is 11.5 Å². The van der Waals surface area contributed by atoms with Crippen LogP contribution in [-0.4, -0.2) is 23.4 Å². The summed E-state index contributed by atoms with van der Waals surface area (Å²) in [4.78, 5) is 7.22. The van der Waals surface area contributed by atoms with Crippen molar-refractivity contribution in [3.63, 3.8) is 0 Å². The maximum atomic E-state index is 6.66. The fourth-order valence-corrected chi connectivity index (χ4v) is 5.42. The fraction of sp³-hybridized carbons (Fsp3) is 0.115. The predicted octanol–water partition coefficient (Wildman–Crippen LogP) is 4.65. The highest BCUT2D eigenvalue weighted by molar-refractivity contribution is 6.88. The highest BCUT2D eigenvalue weighted by Crippen LogP contribution is 2.41. The molecule has 0 saturated carbocycles. The van der Waals surface area contributed by atoms with Gasteiger partial charge in [0.25, 0.3) is 0 Å². The fourth-order valence-electron chi connectivity index (χ4n) is 5.42. The van der Waals surface area contributed by atoms with Crippen LogP contribution in [0.4, 0.5) is 11.6 Å². The maximum Gasteiger partial charge on any atom is 0.340 e. The lowest BCUT2D eigenvalue weighted by Crippen LogP contribution is -2.56. The zero-order chi connectivity index (χ0) is 20.9. The standard InChI is InChI=1S/C26H20BN3O/c1-15-12-22-24-23(13-15)31-25-18-9-5-4-8-17(18)16(2)14-19(25)27(24)30-21-11-7-6-10-20(21)28-26(30)29(22)3/h4-14H,1-3H3. The Hall–Kier alpha value is -3.73. The van der Waals surface area contributed by atoms with Gasteiger partial charge in [0.15, 0.2) is 5.95 Å². The third-order valence-corrected chi connectivity index (χ3v) is 6.77. The minimum Gasteiger partial charge on any atom is -0.458 e. The lowest BCUT2D eigenvalue weighted by Gasteiger charge is -2.38. The second-order valence-corrected chi connectivity index (χ2v) is 8.69. The Morgan fingerprint density at radius 1 is 0.903 bits per heavy atom. The first-order valence-corrected chi connectivity index (χ1v) is 10.7. The summed E-state index contributed by atoms with van der Waals surface area (Å²) < 4.78 is 9.05. The number of fused-ring (bicyclic) bond motifs is 8. The van der Waals surface area contributed by atoms with E-state index in [0.717, 1.165) is 33.9 Å². The second kappa shape index (κ2) is 5.70. The molecule has 0 N–H and O–H groups in total. The molecule has 0 amide bonds. The molecule has 5 aromatic rings. The summed E-state index contributed by atoms with van der Waals surface area (Å²) in [5.41, 5.74) is 8.19. The highest BCUT2D eigenvalue weighted by Gasteiger charge is 2.43. The summed E-state index contributed by atoms with van der Waals surface area (Å²) >= 11 is 0. The zero-order valence-corrected chi connectivity index (χ0v) is 17.7. The maximum absolute atomic E-state index is 6.66. The number of imidazole rings is 1. The number of ether oxygens (including phenoxy) is 1. The van der Waals surface area contributed by atoms with Gasteiger partial charge in [-0.1, -0.05) is 42.5 Å². The molecular weight excluding hydrogens is 381 g/mol. The number of anilines is 2. The molecule has 0 bridgehead atoms. The third-order valence-electron chi connectivity index (χ3n) is 6.77. The SMILES string of the molecule is Cc1cc2c3c(c1)N(C)c1nc4ccccc4n1B3c1cc(C)c3ccccc3c1O2. The molecule has 2 aliphatic heterocycles. The van der Waals surface area contributed by atoms with Gasteiger partial charge >= 0.3 is 6.85 Å². The minimum atomic E-state index is 0.0243. The Morgan fingerprint density at radius 2 is 1.68 bits per heavy atom. The molecule has 0 aliphatic carbocycles. The smallest absolute Gasteiger partial charge is 0.340 e. The molecular formula is C26H20BN3O. The molecule has 0 atom stereocenters. The van der Waals surface area contributed by atoms with Crippen LogP contribution < -0.4 is 20.6 Å². The molecule has 7 rings (SSSR count). The van der Waals surface area contributed by atoms with Crippen molar-refractivity contribution in [1.82, 2.24) is 9.46 Å². The van der Waals surface area contributed by atoms with Crippen molar-refractivity contribution < 1.29 is 4.74 Å². The number of aryl methyl sites for hydroxylation is 2. The molecule has 0 spiro atoms. The second-order valence-electron chi connectivity index (χ2n) is 8.69. The first-order chi connectivity index (χ1) is 15.1. The van der Waals surface area contributed by atoms with E-state index < -0.39 is 0 Å².